The molecule has 5 aromatic rings. The van der Waals surface area contributed by atoms with E-state index in [1.54, 1.807) is 7.11 Å². The number of pyridine rings is 1. The van der Waals surface area contributed by atoms with Crippen molar-refractivity contribution in [1.82, 2.24) is 9.38 Å². The molecule has 2 heterocycles. The monoisotopic (exact) mass is 363 g/mol. The summed E-state index contributed by atoms with van der Waals surface area (Å²) in [5.74, 6) is 0.817. The van der Waals surface area contributed by atoms with Gasteiger partial charge in [-0.1, -0.05) is 18.2 Å². The quantitative estimate of drug-likeness (QED) is 0.416. The number of aryl methyl sites for hydroxylation is 1. The van der Waals surface area contributed by atoms with Gasteiger partial charge >= 0.3 is 0 Å². The third-order valence-corrected chi connectivity index (χ3v) is 5.19. The molecule has 0 N–H and O–H groups in total. The first-order chi connectivity index (χ1) is 13.7. The summed E-state index contributed by atoms with van der Waals surface area (Å²) in [6.07, 6.45) is 2.06. The maximum absolute atomic E-state index is 9.40. The van der Waals surface area contributed by atoms with Crippen molar-refractivity contribution in [2.45, 2.75) is 6.92 Å². The van der Waals surface area contributed by atoms with Crippen LogP contribution < -0.4 is 4.74 Å². The molecule has 0 radical (unpaired) electrons. The van der Waals surface area contributed by atoms with E-state index in [-0.39, 0.29) is 0 Å². The summed E-state index contributed by atoms with van der Waals surface area (Å²) in [6, 6.07) is 22.4. The number of imidazole rings is 1. The zero-order valence-corrected chi connectivity index (χ0v) is 15.6. The summed E-state index contributed by atoms with van der Waals surface area (Å²) in [5.41, 5.74) is 6.89. The first-order valence-electron chi connectivity index (χ1n) is 9.07. The number of aromatic nitrogens is 2. The second-order valence-electron chi connectivity index (χ2n) is 6.94. The van der Waals surface area contributed by atoms with Crippen molar-refractivity contribution in [3.8, 4) is 22.9 Å². The topological polar surface area (TPSA) is 50.3 Å². The van der Waals surface area contributed by atoms with Crippen LogP contribution in [0.2, 0.25) is 0 Å². The lowest BCUT2D eigenvalue weighted by atomic mass is 9.95. The molecule has 2 aromatic heterocycles. The van der Waals surface area contributed by atoms with E-state index in [4.69, 9.17) is 9.72 Å². The summed E-state index contributed by atoms with van der Waals surface area (Å²) in [5, 5.41) is 11.5. The molecule has 0 saturated carbocycles. The Morgan fingerprint density at radius 3 is 2.54 bits per heavy atom. The highest BCUT2D eigenvalue weighted by atomic mass is 16.5. The van der Waals surface area contributed by atoms with E-state index in [9.17, 15) is 5.26 Å². The van der Waals surface area contributed by atoms with E-state index in [0.717, 1.165) is 44.3 Å². The van der Waals surface area contributed by atoms with Gasteiger partial charge in [-0.25, -0.2) is 4.98 Å². The highest BCUT2D eigenvalue weighted by Gasteiger charge is 2.14. The molecular formula is C24H17N3O. The van der Waals surface area contributed by atoms with Gasteiger partial charge < -0.3 is 4.74 Å². The largest absolute Gasteiger partial charge is 0.497 e. The second-order valence-corrected chi connectivity index (χ2v) is 6.94. The molecule has 0 unspecified atom stereocenters. The average Bonchev–Trinajstić information content (AvgIpc) is 3.10. The smallest absolute Gasteiger partial charge is 0.138 e. The summed E-state index contributed by atoms with van der Waals surface area (Å²) < 4.78 is 7.42. The molecule has 3 aromatic carbocycles. The van der Waals surface area contributed by atoms with Crippen molar-refractivity contribution < 1.29 is 4.74 Å². The summed E-state index contributed by atoms with van der Waals surface area (Å²) >= 11 is 0. The maximum Gasteiger partial charge on any atom is 0.138 e. The van der Waals surface area contributed by atoms with Crippen LogP contribution in [0.1, 0.15) is 11.1 Å². The van der Waals surface area contributed by atoms with Gasteiger partial charge in [-0.05, 0) is 71.5 Å². The van der Waals surface area contributed by atoms with E-state index >= 15 is 0 Å². The molecule has 0 atom stereocenters. The van der Waals surface area contributed by atoms with Gasteiger partial charge in [-0.2, -0.15) is 5.26 Å². The molecule has 4 heteroatoms. The number of nitrogens with zero attached hydrogens (tertiary/aromatic N) is 3. The molecule has 5 rings (SSSR count). The lowest BCUT2D eigenvalue weighted by molar-refractivity contribution is 0.415. The Morgan fingerprint density at radius 1 is 0.964 bits per heavy atom. The van der Waals surface area contributed by atoms with Gasteiger partial charge in [0.25, 0.3) is 0 Å². The van der Waals surface area contributed by atoms with Crippen LogP contribution in [0.4, 0.5) is 0 Å². The third kappa shape index (κ3) is 2.41. The second kappa shape index (κ2) is 6.11. The lowest BCUT2D eigenvalue weighted by Gasteiger charge is -2.10. The van der Waals surface area contributed by atoms with Gasteiger partial charge in [-0.3, -0.25) is 4.40 Å². The number of rotatable bonds is 2. The first kappa shape index (κ1) is 16.3. The maximum atomic E-state index is 9.40. The fourth-order valence-corrected chi connectivity index (χ4v) is 3.77. The normalized spacial score (nSPS) is 11.2. The van der Waals surface area contributed by atoms with Crippen molar-refractivity contribution in [3.63, 3.8) is 0 Å². The number of benzene rings is 3. The lowest BCUT2D eigenvalue weighted by Crippen LogP contribution is -1.88. The van der Waals surface area contributed by atoms with Crippen molar-refractivity contribution in [1.29, 1.82) is 5.26 Å². The Hall–Kier alpha value is -3.84. The van der Waals surface area contributed by atoms with E-state index in [2.05, 4.69) is 41.8 Å². The zero-order valence-electron chi connectivity index (χ0n) is 15.6. The van der Waals surface area contributed by atoms with Gasteiger partial charge in [0.15, 0.2) is 0 Å². The molecule has 4 nitrogen and oxygen atoms in total. The molecule has 0 amide bonds. The molecule has 28 heavy (non-hydrogen) atoms. The van der Waals surface area contributed by atoms with Gasteiger partial charge in [0.2, 0.25) is 0 Å². The van der Waals surface area contributed by atoms with E-state index < -0.39 is 0 Å². The SMILES string of the molecule is COc1ccc(-c2cc3c(nc4cc(C)ccn43)c3ccc(C#N)cc23)cc1. The molecule has 0 fully saturated rings. The van der Waals surface area contributed by atoms with Gasteiger partial charge in [0.1, 0.15) is 11.4 Å². The standard InChI is InChI=1S/C24H17N3O/c1-15-9-10-27-22-13-20(17-4-6-18(28-2)7-5-17)21-12-16(14-25)3-8-19(21)24(22)26-23(27)11-15/h3-13H,1-2H3. The minimum absolute atomic E-state index is 0.640. The highest BCUT2D eigenvalue weighted by molar-refractivity contribution is 6.12. The van der Waals surface area contributed by atoms with Crippen LogP contribution >= 0.6 is 0 Å². The molecule has 0 bridgehead atoms. The van der Waals surface area contributed by atoms with E-state index in [1.807, 2.05) is 42.5 Å². The van der Waals surface area contributed by atoms with Crippen LogP contribution in [0, 0.1) is 18.3 Å². The molecule has 0 spiro atoms. The van der Waals surface area contributed by atoms with E-state index in [0.29, 0.717) is 5.56 Å². The minimum Gasteiger partial charge on any atom is -0.497 e. The zero-order chi connectivity index (χ0) is 19.3. The van der Waals surface area contributed by atoms with Crippen molar-refractivity contribution >= 4 is 27.5 Å². The van der Waals surface area contributed by atoms with Gasteiger partial charge in [-0.15, -0.1) is 0 Å². The molecular weight excluding hydrogens is 346 g/mol. The Kier molecular flexibility index (Phi) is 3.56. The molecule has 0 saturated heterocycles. The molecule has 0 aliphatic heterocycles. The van der Waals surface area contributed by atoms with Crippen LogP contribution in [0.15, 0.2) is 66.9 Å². The predicted molar refractivity (Wildman–Crippen MR) is 112 cm³/mol. The number of hydrogen-bond acceptors (Lipinski definition) is 3. The Bertz CT molecular complexity index is 1410. The van der Waals surface area contributed by atoms with Crippen molar-refractivity contribution in [2.24, 2.45) is 0 Å². The number of methoxy groups -OCH3 is 1. The Balaban J connectivity index is 1.92. The summed E-state index contributed by atoms with van der Waals surface area (Å²) in [6.45, 7) is 2.07. The minimum atomic E-state index is 0.640. The predicted octanol–water partition coefficient (Wildman–Crippen LogP) is 5.50. The third-order valence-electron chi connectivity index (χ3n) is 5.19. The van der Waals surface area contributed by atoms with Crippen LogP contribution in [0.25, 0.3) is 38.6 Å². The number of fused-ring (bicyclic) bond motifs is 5. The first-order valence-corrected chi connectivity index (χ1v) is 9.07. The molecule has 134 valence electrons. The average molecular weight is 363 g/mol. The molecule has 0 aliphatic rings. The van der Waals surface area contributed by atoms with Crippen molar-refractivity contribution in [3.05, 3.63) is 78.0 Å². The van der Waals surface area contributed by atoms with Crippen LogP contribution in [-0.2, 0) is 0 Å². The number of nitriles is 1. The van der Waals surface area contributed by atoms with Crippen LogP contribution in [-0.4, -0.2) is 16.5 Å². The fraction of sp³-hybridized carbons (Fsp3) is 0.0833. The number of hydrogen-bond donors (Lipinski definition) is 0. The summed E-state index contributed by atoms with van der Waals surface area (Å²) in [7, 11) is 1.66. The van der Waals surface area contributed by atoms with Gasteiger partial charge in [0, 0.05) is 11.6 Å². The van der Waals surface area contributed by atoms with Crippen LogP contribution in [0.5, 0.6) is 5.75 Å². The van der Waals surface area contributed by atoms with Crippen LogP contribution in [0.3, 0.4) is 0 Å². The highest BCUT2D eigenvalue weighted by Crippen LogP contribution is 2.36. The Morgan fingerprint density at radius 2 is 1.79 bits per heavy atom. The van der Waals surface area contributed by atoms with E-state index in [1.165, 1.54) is 5.56 Å². The van der Waals surface area contributed by atoms with Gasteiger partial charge in [0.05, 0.1) is 29.8 Å². The number of ether oxygens (including phenoxy) is 1. The summed E-state index contributed by atoms with van der Waals surface area (Å²) in [4.78, 5) is 4.88. The van der Waals surface area contributed by atoms with Crippen molar-refractivity contribution in [2.75, 3.05) is 7.11 Å². The fourth-order valence-electron chi connectivity index (χ4n) is 3.77. The molecule has 0 aliphatic carbocycles. The Labute approximate surface area is 162 Å².